The number of nitrogens with zero attached hydrogens (tertiary/aromatic N) is 1. The summed E-state index contributed by atoms with van der Waals surface area (Å²) in [6, 6.07) is 9.13. The lowest BCUT2D eigenvalue weighted by molar-refractivity contribution is 0.0355. The molecule has 1 unspecified atom stereocenters. The Kier molecular flexibility index (Phi) is 3.93. The molecule has 5 nitrogen and oxygen atoms in total. The molecule has 1 atom stereocenters. The maximum atomic E-state index is 12.3. The van der Waals surface area contributed by atoms with E-state index in [-0.39, 0.29) is 17.6 Å². The average molecular weight is 320 g/mol. The van der Waals surface area contributed by atoms with Crippen molar-refractivity contribution in [2.24, 2.45) is 0 Å². The smallest absolute Gasteiger partial charge is 0.269 e. The molecule has 1 aliphatic heterocycles. The van der Waals surface area contributed by atoms with Crippen LogP contribution in [-0.4, -0.2) is 34.4 Å². The lowest BCUT2D eigenvalue weighted by atomic mass is 10.0. The first-order valence-corrected chi connectivity index (χ1v) is 7.57. The Morgan fingerprint density at radius 3 is 2.91 bits per heavy atom. The van der Waals surface area contributed by atoms with Crippen molar-refractivity contribution in [3.8, 4) is 11.3 Å². The minimum Gasteiger partial charge on any atom is -0.373 e. The van der Waals surface area contributed by atoms with Gasteiger partial charge in [0.2, 0.25) is 0 Å². The van der Waals surface area contributed by atoms with Crippen LogP contribution in [0.25, 0.3) is 11.3 Å². The topological polar surface area (TPSA) is 67.0 Å². The first-order valence-electron chi connectivity index (χ1n) is 7.20. The van der Waals surface area contributed by atoms with Gasteiger partial charge < -0.3 is 10.1 Å². The quantitative estimate of drug-likeness (QED) is 0.913. The van der Waals surface area contributed by atoms with E-state index in [4.69, 9.17) is 16.3 Å². The number of aromatic nitrogens is 2. The van der Waals surface area contributed by atoms with Crippen molar-refractivity contribution in [1.82, 2.24) is 15.5 Å². The fraction of sp³-hybridized carbons (Fsp3) is 0.375. The van der Waals surface area contributed by atoms with Crippen LogP contribution in [0.4, 0.5) is 0 Å². The molecule has 0 bridgehead atoms. The van der Waals surface area contributed by atoms with E-state index in [2.05, 4.69) is 15.5 Å². The van der Waals surface area contributed by atoms with Gasteiger partial charge in [-0.25, -0.2) is 0 Å². The zero-order valence-electron chi connectivity index (χ0n) is 12.5. The molecule has 0 radical (unpaired) electrons. The number of aromatic amines is 1. The van der Waals surface area contributed by atoms with Gasteiger partial charge >= 0.3 is 0 Å². The van der Waals surface area contributed by atoms with Crippen LogP contribution < -0.4 is 5.32 Å². The zero-order valence-corrected chi connectivity index (χ0v) is 13.3. The molecule has 2 aromatic rings. The van der Waals surface area contributed by atoms with Crippen LogP contribution in [0.5, 0.6) is 0 Å². The molecule has 0 aliphatic carbocycles. The van der Waals surface area contributed by atoms with Crippen LogP contribution >= 0.6 is 11.6 Å². The molecule has 22 heavy (non-hydrogen) atoms. The van der Waals surface area contributed by atoms with Crippen molar-refractivity contribution in [3.63, 3.8) is 0 Å². The molecular weight excluding hydrogens is 302 g/mol. The van der Waals surface area contributed by atoms with Gasteiger partial charge in [-0.3, -0.25) is 9.89 Å². The van der Waals surface area contributed by atoms with E-state index in [0.717, 1.165) is 12.0 Å². The number of hydrogen-bond donors (Lipinski definition) is 2. The van der Waals surface area contributed by atoms with Gasteiger partial charge in [0.25, 0.3) is 5.91 Å². The van der Waals surface area contributed by atoms with Crippen molar-refractivity contribution in [2.75, 3.05) is 6.61 Å². The van der Waals surface area contributed by atoms with Crippen LogP contribution in [0, 0.1) is 0 Å². The van der Waals surface area contributed by atoms with E-state index < -0.39 is 0 Å². The fourth-order valence-corrected chi connectivity index (χ4v) is 2.87. The molecule has 0 spiro atoms. The minimum atomic E-state index is -0.186. The highest BCUT2D eigenvalue weighted by molar-refractivity contribution is 6.33. The molecule has 1 aromatic carbocycles. The maximum Gasteiger partial charge on any atom is 0.269 e. The molecule has 1 amide bonds. The first kappa shape index (κ1) is 15.1. The number of hydrogen-bond acceptors (Lipinski definition) is 3. The van der Waals surface area contributed by atoms with E-state index in [9.17, 15) is 4.79 Å². The van der Waals surface area contributed by atoms with Gasteiger partial charge in [-0.2, -0.15) is 5.10 Å². The van der Waals surface area contributed by atoms with Crippen molar-refractivity contribution in [1.29, 1.82) is 0 Å². The predicted octanol–water partition coefficient (Wildman–Crippen LogP) is 3.03. The lowest BCUT2D eigenvalue weighted by Crippen LogP contribution is -2.36. The molecule has 6 heteroatoms. The second kappa shape index (κ2) is 5.74. The summed E-state index contributed by atoms with van der Waals surface area (Å²) in [4.78, 5) is 12.3. The highest BCUT2D eigenvalue weighted by Crippen LogP contribution is 2.27. The third-order valence-corrected chi connectivity index (χ3v) is 4.05. The third-order valence-electron chi connectivity index (χ3n) is 3.72. The van der Waals surface area contributed by atoms with Gasteiger partial charge in [0, 0.05) is 5.56 Å². The molecule has 3 rings (SSSR count). The normalized spacial score (nSPS) is 20.0. The highest BCUT2D eigenvalue weighted by atomic mass is 35.5. The summed E-state index contributed by atoms with van der Waals surface area (Å²) in [5, 5.41) is 10.5. The number of ether oxygens (including phenoxy) is 1. The predicted molar refractivity (Wildman–Crippen MR) is 84.9 cm³/mol. The van der Waals surface area contributed by atoms with Crippen LogP contribution in [-0.2, 0) is 4.74 Å². The number of amides is 1. The van der Waals surface area contributed by atoms with Crippen LogP contribution in [0.2, 0.25) is 5.02 Å². The summed E-state index contributed by atoms with van der Waals surface area (Å²) >= 11 is 6.15. The molecule has 2 heterocycles. The van der Waals surface area contributed by atoms with Gasteiger partial charge in [0.15, 0.2) is 0 Å². The largest absolute Gasteiger partial charge is 0.373 e. The molecular formula is C16H18ClN3O2. The second-order valence-corrected chi connectivity index (χ2v) is 6.50. The Morgan fingerprint density at radius 1 is 1.45 bits per heavy atom. The van der Waals surface area contributed by atoms with Crippen molar-refractivity contribution < 1.29 is 9.53 Å². The van der Waals surface area contributed by atoms with E-state index in [1.165, 1.54) is 0 Å². The first-order chi connectivity index (χ1) is 10.4. The molecule has 0 saturated carbocycles. The van der Waals surface area contributed by atoms with Crippen LogP contribution in [0.1, 0.15) is 30.8 Å². The highest BCUT2D eigenvalue weighted by Gasteiger charge is 2.33. The van der Waals surface area contributed by atoms with E-state index in [1.54, 1.807) is 12.1 Å². The summed E-state index contributed by atoms with van der Waals surface area (Å²) in [5.74, 6) is -0.183. The Hall–Kier alpha value is -1.85. The SMILES string of the molecule is CC1(C)CC(NC(=O)c2cc(-c3ccccc3Cl)n[nH]2)CO1. The Morgan fingerprint density at radius 2 is 2.23 bits per heavy atom. The van der Waals surface area contributed by atoms with Gasteiger partial charge in [0.05, 0.1) is 29.0 Å². The summed E-state index contributed by atoms with van der Waals surface area (Å²) in [5.41, 5.74) is 1.68. The number of carbonyl (C=O) groups is 1. The summed E-state index contributed by atoms with van der Waals surface area (Å²) < 4.78 is 5.62. The van der Waals surface area contributed by atoms with Gasteiger partial charge in [0.1, 0.15) is 5.69 Å². The summed E-state index contributed by atoms with van der Waals surface area (Å²) in [6.45, 7) is 4.57. The molecule has 1 aliphatic rings. The van der Waals surface area contributed by atoms with E-state index in [1.807, 2.05) is 32.0 Å². The second-order valence-electron chi connectivity index (χ2n) is 6.09. The van der Waals surface area contributed by atoms with Crippen LogP contribution in [0.15, 0.2) is 30.3 Å². The standard InChI is InChI=1S/C16H18ClN3O2/c1-16(2)8-10(9-22-16)18-15(21)14-7-13(19-20-14)11-5-3-4-6-12(11)17/h3-7,10H,8-9H2,1-2H3,(H,18,21)(H,19,20). The van der Waals surface area contributed by atoms with Crippen molar-refractivity contribution in [2.45, 2.75) is 31.9 Å². The number of rotatable bonds is 3. The number of H-pyrrole nitrogens is 1. The number of halogens is 1. The van der Waals surface area contributed by atoms with Crippen molar-refractivity contribution in [3.05, 3.63) is 41.0 Å². The lowest BCUT2D eigenvalue weighted by Gasteiger charge is -2.15. The maximum absolute atomic E-state index is 12.3. The third kappa shape index (κ3) is 3.15. The van der Waals surface area contributed by atoms with Crippen molar-refractivity contribution >= 4 is 17.5 Å². The molecule has 1 fully saturated rings. The van der Waals surface area contributed by atoms with Gasteiger partial charge in [-0.05, 0) is 32.4 Å². The fourth-order valence-electron chi connectivity index (χ4n) is 2.64. The number of benzene rings is 1. The van der Waals surface area contributed by atoms with E-state index in [0.29, 0.717) is 23.0 Å². The molecule has 1 saturated heterocycles. The average Bonchev–Trinajstić information content (AvgIpc) is 3.06. The van der Waals surface area contributed by atoms with Gasteiger partial charge in [-0.1, -0.05) is 29.8 Å². The molecule has 2 N–H and O–H groups in total. The Balaban J connectivity index is 1.71. The van der Waals surface area contributed by atoms with Crippen LogP contribution in [0.3, 0.4) is 0 Å². The molecule has 116 valence electrons. The summed E-state index contributed by atoms with van der Waals surface area (Å²) in [7, 11) is 0. The van der Waals surface area contributed by atoms with Gasteiger partial charge in [-0.15, -0.1) is 0 Å². The zero-order chi connectivity index (χ0) is 15.7. The number of nitrogens with one attached hydrogen (secondary N) is 2. The van der Waals surface area contributed by atoms with E-state index >= 15 is 0 Å². The number of carbonyl (C=O) groups excluding carboxylic acids is 1. The molecule has 1 aromatic heterocycles. The Labute approximate surface area is 134 Å². The summed E-state index contributed by atoms with van der Waals surface area (Å²) in [6.07, 6.45) is 0.796. The monoisotopic (exact) mass is 319 g/mol. The minimum absolute atomic E-state index is 0.0227. The Bertz CT molecular complexity index is 696.